The normalized spacial score (nSPS) is 14.8. The Morgan fingerprint density at radius 1 is 1.00 bits per heavy atom. The van der Waals surface area contributed by atoms with Crippen molar-refractivity contribution in [3.8, 4) is 5.75 Å². The molecule has 0 saturated carbocycles. The van der Waals surface area contributed by atoms with Gasteiger partial charge in [0.1, 0.15) is 5.75 Å². The van der Waals surface area contributed by atoms with Crippen molar-refractivity contribution in [3.63, 3.8) is 0 Å². The highest BCUT2D eigenvalue weighted by molar-refractivity contribution is 6.15. The molecule has 4 heteroatoms. The SMILES string of the molecule is O=C(C=C1Oc2ccccc2C1=O)Nc1ccccc1. The molecule has 0 aromatic heterocycles. The highest BCUT2D eigenvalue weighted by atomic mass is 16.5. The number of carbonyl (C=O) groups excluding carboxylic acids is 2. The molecule has 0 spiro atoms. The van der Waals surface area contributed by atoms with Crippen LogP contribution in [0.15, 0.2) is 66.4 Å². The van der Waals surface area contributed by atoms with Gasteiger partial charge in [0.05, 0.1) is 11.6 Å². The summed E-state index contributed by atoms with van der Waals surface area (Å²) in [5.74, 6) is -0.146. The first-order valence-electron chi connectivity index (χ1n) is 6.13. The molecule has 4 nitrogen and oxygen atoms in total. The molecule has 0 fully saturated rings. The van der Waals surface area contributed by atoms with E-state index in [-0.39, 0.29) is 11.5 Å². The number of nitrogens with one attached hydrogen (secondary N) is 1. The Morgan fingerprint density at radius 3 is 2.45 bits per heavy atom. The molecule has 0 bridgehead atoms. The summed E-state index contributed by atoms with van der Waals surface area (Å²) in [5, 5.41) is 2.67. The number of para-hydroxylation sites is 2. The number of hydrogen-bond donors (Lipinski definition) is 1. The van der Waals surface area contributed by atoms with E-state index in [0.29, 0.717) is 17.0 Å². The van der Waals surface area contributed by atoms with Crippen LogP contribution in [0, 0.1) is 0 Å². The Bertz CT molecular complexity index is 705. The molecule has 2 aromatic rings. The molecular weight excluding hydrogens is 254 g/mol. The number of amides is 1. The monoisotopic (exact) mass is 265 g/mol. The third-order valence-corrected chi connectivity index (χ3v) is 2.88. The number of Topliss-reactive ketones (excluding diaryl/α,β-unsaturated/α-hetero) is 1. The van der Waals surface area contributed by atoms with Crippen molar-refractivity contribution in [2.24, 2.45) is 0 Å². The Morgan fingerprint density at radius 2 is 1.70 bits per heavy atom. The Kier molecular flexibility index (Phi) is 3.05. The summed E-state index contributed by atoms with van der Waals surface area (Å²) in [6, 6.07) is 15.9. The van der Waals surface area contributed by atoms with Crippen LogP contribution < -0.4 is 10.1 Å². The zero-order valence-electron chi connectivity index (χ0n) is 10.5. The van der Waals surface area contributed by atoms with Crippen LogP contribution in [-0.4, -0.2) is 11.7 Å². The summed E-state index contributed by atoms with van der Waals surface area (Å²) >= 11 is 0. The van der Waals surface area contributed by atoms with E-state index < -0.39 is 5.91 Å². The first-order chi connectivity index (χ1) is 9.74. The average molecular weight is 265 g/mol. The maximum absolute atomic E-state index is 12.0. The molecule has 3 rings (SSSR count). The van der Waals surface area contributed by atoms with Gasteiger partial charge >= 0.3 is 0 Å². The number of hydrogen-bond acceptors (Lipinski definition) is 3. The Balaban J connectivity index is 1.78. The molecule has 1 heterocycles. The molecule has 0 aliphatic carbocycles. The Labute approximate surface area is 115 Å². The number of allylic oxidation sites excluding steroid dienone is 1. The van der Waals surface area contributed by atoms with Crippen molar-refractivity contribution in [2.45, 2.75) is 0 Å². The topological polar surface area (TPSA) is 55.4 Å². The van der Waals surface area contributed by atoms with Crippen molar-refractivity contribution < 1.29 is 14.3 Å². The molecule has 20 heavy (non-hydrogen) atoms. The molecule has 0 atom stereocenters. The van der Waals surface area contributed by atoms with Gasteiger partial charge in [0.2, 0.25) is 5.78 Å². The van der Waals surface area contributed by atoms with Crippen LogP contribution in [-0.2, 0) is 4.79 Å². The van der Waals surface area contributed by atoms with Gasteiger partial charge in [0.25, 0.3) is 5.91 Å². The predicted octanol–water partition coefficient (Wildman–Crippen LogP) is 2.78. The lowest BCUT2D eigenvalue weighted by atomic mass is 10.1. The van der Waals surface area contributed by atoms with Crippen LogP contribution in [0.25, 0.3) is 0 Å². The van der Waals surface area contributed by atoms with Gasteiger partial charge in [-0.2, -0.15) is 0 Å². The van der Waals surface area contributed by atoms with Crippen molar-refractivity contribution >= 4 is 17.4 Å². The van der Waals surface area contributed by atoms with E-state index in [1.165, 1.54) is 6.08 Å². The lowest BCUT2D eigenvalue weighted by Crippen LogP contribution is -2.11. The van der Waals surface area contributed by atoms with E-state index >= 15 is 0 Å². The summed E-state index contributed by atoms with van der Waals surface area (Å²) in [7, 11) is 0. The maximum Gasteiger partial charge on any atom is 0.252 e. The van der Waals surface area contributed by atoms with Crippen LogP contribution >= 0.6 is 0 Å². The van der Waals surface area contributed by atoms with Gasteiger partial charge in [-0.15, -0.1) is 0 Å². The maximum atomic E-state index is 12.0. The quantitative estimate of drug-likeness (QED) is 0.849. The largest absolute Gasteiger partial charge is 0.452 e. The van der Waals surface area contributed by atoms with Gasteiger partial charge in [-0.3, -0.25) is 9.59 Å². The number of ether oxygens (including phenoxy) is 1. The minimum Gasteiger partial charge on any atom is -0.452 e. The summed E-state index contributed by atoms with van der Waals surface area (Å²) in [6.07, 6.45) is 1.18. The van der Waals surface area contributed by atoms with E-state index in [4.69, 9.17) is 4.74 Å². The fraction of sp³-hybridized carbons (Fsp3) is 0. The van der Waals surface area contributed by atoms with E-state index in [9.17, 15) is 9.59 Å². The van der Waals surface area contributed by atoms with Crippen molar-refractivity contribution in [1.82, 2.24) is 0 Å². The van der Waals surface area contributed by atoms with Gasteiger partial charge in [0.15, 0.2) is 5.76 Å². The van der Waals surface area contributed by atoms with E-state index in [1.807, 2.05) is 18.2 Å². The number of fused-ring (bicyclic) bond motifs is 1. The predicted molar refractivity (Wildman–Crippen MR) is 74.6 cm³/mol. The highest BCUT2D eigenvalue weighted by Crippen LogP contribution is 2.30. The molecule has 1 aliphatic heterocycles. The van der Waals surface area contributed by atoms with Gasteiger partial charge in [-0.25, -0.2) is 0 Å². The molecule has 0 unspecified atom stereocenters. The summed E-state index contributed by atoms with van der Waals surface area (Å²) < 4.78 is 5.38. The Hall–Kier alpha value is -2.88. The third-order valence-electron chi connectivity index (χ3n) is 2.88. The fourth-order valence-corrected chi connectivity index (χ4v) is 1.95. The zero-order valence-corrected chi connectivity index (χ0v) is 10.5. The number of carbonyl (C=O) groups is 2. The molecule has 0 saturated heterocycles. The lowest BCUT2D eigenvalue weighted by molar-refractivity contribution is -0.112. The van der Waals surface area contributed by atoms with E-state index in [0.717, 1.165) is 0 Å². The molecule has 1 amide bonds. The molecular formula is C16H11NO3. The van der Waals surface area contributed by atoms with Crippen LogP contribution in [0.2, 0.25) is 0 Å². The first-order valence-corrected chi connectivity index (χ1v) is 6.13. The number of rotatable bonds is 2. The second kappa shape index (κ2) is 5.01. The number of benzene rings is 2. The summed E-state index contributed by atoms with van der Waals surface area (Å²) in [5.41, 5.74) is 1.14. The van der Waals surface area contributed by atoms with Crippen molar-refractivity contribution in [3.05, 3.63) is 72.0 Å². The molecule has 1 N–H and O–H groups in total. The second-order valence-electron chi connectivity index (χ2n) is 4.29. The van der Waals surface area contributed by atoms with Crippen LogP contribution in [0.4, 0.5) is 5.69 Å². The van der Waals surface area contributed by atoms with Gasteiger partial charge in [-0.1, -0.05) is 30.3 Å². The van der Waals surface area contributed by atoms with Crippen LogP contribution in [0.1, 0.15) is 10.4 Å². The average Bonchev–Trinajstić information content (AvgIpc) is 2.77. The summed E-state index contributed by atoms with van der Waals surface area (Å²) in [6.45, 7) is 0. The van der Waals surface area contributed by atoms with Gasteiger partial charge in [-0.05, 0) is 24.3 Å². The lowest BCUT2D eigenvalue weighted by Gasteiger charge is -2.01. The van der Waals surface area contributed by atoms with Crippen molar-refractivity contribution in [2.75, 3.05) is 5.32 Å². The van der Waals surface area contributed by atoms with Gasteiger partial charge in [0, 0.05) is 5.69 Å². The zero-order chi connectivity index (χ0) is 13.9. The fourth-order valence-electron chi connectivity index (χ4n) is 1.95. The number of anilines is 1. The van der Waals surface area contributed by atoms with E-state index in [1.54, 1.807) is 36.4 Å². The van der Waals surface area contributed by atoms with Crippen molar-refractivity contribution in [1.29, 1.82) is 0 Å². The standard InChI is InChI=1S/C16H11NO3/c18-15(17-11-6-2-1-3-7-11)10-14-16(19)12-8-4-5-9-13(12)20-14/h1-10H,(H,17,18). The number of ketones is 1. The second-order valence-corrected chi connectivity index (χ2v) is 4.29. The molecule has 2 aromatic carbocycles. The minimum atomic E-state index is -0.396. The van der Waals surface area contributed by atoms with Crippen LogP contribution in [0.3, 0.4) is 0 Å². The molecule has 0 radical (unpaired) electrons. The van der Waals surface area contributed by atoms with E-state index in [2.05, 4.69) is 5.32 Å². The van der Waals surface area contributed by atoms with Gasteiger partial charge < -0.3 is 10.1 Å². The molecule has 98 valence electrons. The highest BCUT2D eigenvalue weighted by Gasteiger charge is 2.27. The third kappa shape index (κ3) is 2.31. The van der Waals surface area contributed by atoms with Crippen LogP contribution in [0.5, 0.6) is 5.75 Å². The minimum absolute atomic E-state index is 0.0413. The smallest absolute Gasteiger partial charge is 0.252 e. The summed E-state index contributed by atoms with van der Waals surface area (Å²) in [4.78, 5) is 23.9. The first kappa shape index (κ1) is 12.2. The molecule has 1 aliphatic rings.